The lowest BCUT2D eigenvalue weighted by molar-refractivity contribution is -0.186. The smallest absolute Gasteiger partial charge is 0.411 e. The fraction of sp³-hybridized carbons (Fsp3) is 0.538. The van der Waals surface area contributed by atoms with Gasteiger partial charge in [-0.3, -0.25) is 0 Å². The van der Waals surface area contributed by atoms with Gasteiger partial charge in [0.15, 0.2) is 6.79 Å². The molecule has 1 aromatic carbocycles. The number of hydrogen-bond acceptors (Lipinski definition) is 3. The highest BCUT2D eigenvalue weighted by molar-refractivity contribution is 9.10. The summed E-state index contributed by atoms with van der Waals surface area (Å²) in [5.74, 6) is 0.450. The van der Waals surface area contributed by atoms with Crippen LogP contribution in [0.15, 0.2) is 22.7 Å². The first-order valence-electron chi connectivity index (χ1n) is 6.19. The van der Waals surface area contributed by atoms with Crippen molar-refractivity contribution in [1.82, 2.24) is 5.32 Å². The van der Waals surface area contributed by atoms with Gasteiger partial charge >= 0.3 is 6.18 Å². The molecule has 0 aliphatic heterocycles. The fourth-order valence-corrected chi connectivity index (χ4v) is 1.98. The predicted octanol–water partition coefficient (Wildman–Crippen LogP) is 3.86. The average Bonchev–Trinajstić information content (AvgIpc) is 2.36. The Bertz CT molecular complexity index is 413. The van der Waals surface area contributed by atoms with E-state index in [1.54, 1.807) is 6.07 Å². The normalized spacial score (nSPS) is 11.7. The van der Waals surface area contributed by atoms with Crippen LogP contribution in [0.2, 0.25) is 0 Å². The molecule has 0 spiro atoms. The van der Waals surface area contributed by atoms with Crippen molar-refractivity contribution < 1.29 is 22.6 Å². The molecule has 20 heavy (non-hydrogen) atoms. The first-order valence-corrected chi connectivity index (χ1v) is 6.98. The van der Waals surface area contributed by atoms with Crippen molar-refractivity contribution in [2.24, 2.45) is 0 Å². The van der Waals surface area contributed by atoms with E-state index >= 15 is 0 Å². The molecule has 114 valence electrons. The maximum atomic E-state index is 11.9. The second-order valence-corrected chi connectivity index (χ2v) is 5.02. The Morgan fingerprint density at radius 3 is 2.65 bits per heavy atom. The first-order chi connectivity index (χ1) is 9.42. The molecule has 1 rings (SSSR count). The van der Waals surface area contributed by atoms with Crippen LogP contribution in [0.5, 0.6) is 5.75 Å². The lowest BCUT2D eigenvalue weighted by Crippen LogP contribution is -2.19. The Labute approximate surface area is 124 Å². The highest BCUT2D eigenvalue weighted by Crippen LogP contribution is 2.26. The minimum absolute atomic E-state index is 0.439. The summed E-state index contributed by atoms with van der Waals surface area (Å²) in [7, 11) is 0. The second kappa shape index (κ2) is 8.49. The largest absolute Gasteiger partial charge is 0.466 e. The summed E-state index contributed by atoms with van der Waals surface area (Å²) in [5.41, 5.74) is 1.06. The number of alkyl halides is 3. The monoisotopic (exact) mass is 355 g/mol. The van der Waals surface area contributed by atoms with Crippen molar-refractivity contribution >= 4 is 15.9 Å². The van der Waals surface area contributed by atoms with E-state index in [0.717, 1.165) is 25.1 Å². The molecule has 3 nitrogen and oxygen atoms in total. The minimum Gasteiger partial charge on any atom is -0.466 e. The van der Waals surface area contributed by atoms with Crippen molar-refractivity contribution in [3.05, 3.63) is 28.2 Å². The number of ether oxygens (including phenoxy) is 2. The summed E-state index contributed by atoms with van der Waals surface area (Å²) < 4.78 is 45.8. The summed E-state index contributed by atoms with van der Waals surface area (Å²) >= 11 is 3.32. The molecule has 0 aliphatic carbocycles. The molecule has 0 unspecified atom stereocenters. The Morgan fingerprint density at radius 2 is 2.05 bits per heavy atom. The van der Waals surface area contributed by atoms with Gasteiger partial charge in [-0.15, -0.1) is 0 Å². The van der Waals surface area contributed by atoms with E-state index in [0.29, 0.717) is 10.2 Å². The van der Waals surface area contributed by atoms with Crippen LogP contribution in [0, 0.1) is 0 Å². The van der Waals surface area contributed by atoms with Crippen LogP contribution < -0.4 is 10.1 Å². The molecule has 0 atom stereocenters. The van der Waals surface area contributed by atoms with E-state index < -0.39 is 19.6 Å². The molecular weight excluding hydrogens is 339 g/mol. The maximum absolute atomic E-state index is 11.9. The number of benzene rings is 1. The Morgan fingerprint density at radius 1 is 1.30 bits per heavy atom. The van der Waals surface area contributed by atoms with Gasteiger partial charge in [0.25, 0.3) is 0 Å². The number of hydrogen-bond donors (Lipinski definition) is 1. The molecule has 0 radical (unpaired) electrons. The molecule has 0 heterocycles. The summed E-state index contributed by atoms with van der Waals surface area (Å²) in [5, 5.41) is 3.26. The molecule has 0 aromatic heterocycles. The van der Waals surface area contributed by atoms with Gasteiger partial charge in [0.05, 0.1) is 4.47 Å². The highest BCUT2D eigenvalue weighted by atomic mass is 79.9. The topological polar surface area (TPSA) is 30.5 Å². The Hall–Kier alpha value is -0.790. The molecule has 0 aliphatic rings. The lowest BCUT2D eigenvalue weighted by Gasteiger charge is -2.11. The standard InChI is InChI=1S/C13H17BrF3NO2/c1-2-5-18-7-10-3-4-12(11(14)6-10)20-9-19-8-13(15,16)17/h3-4,6,18H,2,5,7-9H2,1H3. The van der Waals surface area contributed by atoms with Gasteiger partial charge in [-0.2, -0.15) is 13.2 Å². The molecule has 0 bridgehead atoms. The Balaban J connectivity index is 2.39. The number of rotatable bonds is 8. The molecule has 1 N–H and O–H groups in total. The van der Waals surface area contributed by atoms with Crippen molar-refractivity contribution in [1.29, 1.82) is 0 Å². The van der Waals surface area contributed by atoms with Gasteiger partial charge in [-0.1, -0.05) is 13.0 Å². The van der Waals surface area contributed by atoms with Gasteiger partial charge in [0.1, 0.15) is 12.4 Å². The van der Waals surface area contributed by atoms with Crippen molar-refractivity contribution in [2.45, 2.75) is 26.1 Å². The first kappa shape index (κ1) is 17.3. The van der Waals surface area contributed by atoms with E-state index in [-0.39, 0.29) is 0 Å². The van der Waals surface area contributed by atoms with Crippen LogP contribution in [-0.2, 0) is 11.3 Å². The zero-order valence-corrected chi connectivity index (χ0v) is 12.7. The average molecular weight is 356 g/mol. The maximum Gasteiger partial charge on any atom is 0.411 e. The lowest BCUT2D eigenvalue weighted by atomic mass is 10.2. The quantitative estimate of drug-likeness (QED) is 0.567. The molecule has 0 saturated heterocycles. The third-order valence-corrected chi connectivity index (χ3v) is 2.94. The molecule has 7 heteroatoms. The third kappa shape index (κ3) is 7.12. The van der Waals surface area contributed by atoms with Gasteiger partial charge in [0, 0.05) is 6.54 Å². The summed E-state index contributed by atoms with van der Waals surface area (Å²) in [4.78, 5) is 0. The van der Waals surface area contributed by atoms with Gasteiger partial charge < -0.3 is 14.8 Å². The van der Waals surface area contributed by atoms with Crippen LogP contribution in [-0.4, -0.2) is 26.1 Å². The van der Waals surface area contributed by atoms with Gasteiger partial charge in [0.2, 0.25) is 0 Å². The van der Waals surface area contributed by atoms with Crippen LogP contribution in [0.4, 0.5) is 13.2 Å². The molecule has 0 amide bonds. The van der Waals surface area contributed by atoms with Crippen LogP contribution in [0.3, 0.4) is 0 Å². The van der Waals surface area contributed by atoms with Crippen molar-refractivity contribution in [3.63, 3.8) is 0 Å². The molecule has 0 fully saturated rings. The van der Waals surface area contributed by atoms with E-state index in [9.17, 15) is 13.2 Å². The van der Waals surface area contributed by atoms with Crippen LogP contribution in [0.25, 0.3) is 0 Å². The zero-order chi connectivity index (χ0) is 15.0. The van der Waals surface area contributed by atoms with Gasteiger partial charge in [-0.05, 0) is 46.6 Å². The molecule has 1 aromatic rings. The summed E-state index contributed by atoms with van der Waals surface area (Å²) in [6, 6.07) is 5.41. The summed E-state index contributed by atoms with van der Waals surface area (Å²) in [6.07, 6.45) is -3.28. The highest BCUT2D eigenvalue weighted by Gasteiger charge is 2.27. The number of nitrogens with one attached hydrogen (secondary N) is 1. The number of halogens is 4. The van der Waals surface area contributed by atoms with E-state index in [1.807, 2.05) is 12.1 Å². The van der Waals surface area contributed by atoms with Crippen LogP contribution >= 0.6 is 15.9 Å². The van der Waals surface area contributed by atoms with Crippen LogP contribution in [0.1, 0.15) is 18.9 Å². The van der Waals surface area contributed by atoms with Gasteiger partial charge in [-0.25, -0.2) is 0 Å². The zero-order valence-electron chi connectivity index (χ0n) is 11.1. The van der Waals surface area contributed by atoms with Crippen molar-refractivity contribution in [2.75, 3.05) is 19.9 Å². The minimum atomic E-state index is -4.34. The SMILES string of the molecule is CCCNCc1ccc(OCOCC(F)(F)F)c(Br)c1. The van der Waals surface area contributed by atoms with Crippen molar-refractivity contribution in [3.8, 4) is 5.75 Å². The second-order valence-electron chi connectivity index (χ2n) is 4.17. The Kier molecular flexibility index (Phi) is 7.32. The van der Waals surface area contributed by atoms with E-state index in [1.165, 1.54) is 0 Å². The van der Waals surface area contributed by atoms with E-state index in [4.69, 9.17) is 4.74 Å². The molecule has 0 saturated carbocycles. The predicted molar refractivity (Wildman–Crippen MR) is 73.6 cm³/mol. The summed E-state index contributed by atoms with van der Waals surface area (Å²) in [6.45, 7) is 1.99. The van der Waals surface area contributed by atoms with E-state index in [2.05, 4.69) is 32.9 Å². The fourth-order valence-electron chi connectivity index (χ4n) is 1.44. The molecular formula is C13H17BrF3NO2. The third-order valence-electron chi connectivity index (χ3n) is 2.32.